The minimum Gasteiger partial charge on any atom is -0.350 e. The van der Waals surface area contributed by atoms with Crippen molar-refractivity contribution in [2.75, 3.05) is 13.1 Å². The van der Waals surface area contributed by atoms with Crippen LogP contribution in [0.15, 0.2) is 22.1 Å². The number of nitrogens with one attached hydrogen (secondary N) is 2. The molecular weight excluding hydrogens is 362 g/mol. The zero-order valence-corrected chi connectivity index (χ0v) is 15.0. The van der Waals surface area contributed by atoms with Crippen molar-refractivity contribution in [3.8, 4) is 0 Å². The van der Waals surface area contributed by atoms with E-state index in [1.807, 2.05) is 19.9 Å². The standard InChI is InChI=1S/C16H18BrN3OS/c1-9-7-12(15(17)20-10(9)2)16(21)19-8-13-11-4-6-22-14(11)3-5-18-13/h4,6-7,13,18H,3,5,8H2,1-2H3,(H,19,21). The lowest BCUT2D eigenvalue weighted by Crippen LogP contribution is -2.38. The molecule has 1 aliphatic heterocycles. The molecule has 2 aromatic heterocycles. The maximum Gasteiger partial charge on any atom is 0.254 e. The average Bonchev–Trinajstić information content (AvgIpc) is 2.97. The number of rotatable bonds is 3. The summed E-state index contributed by atoms with van der Waals surface area (Å²) in [4.78, 5) is 18.2. The molecule has 2 aromatic rings. The van der Waals surface area contributed by atoms with Gasteiger partial charge in [-0.1, -0.05) is 0 Å². The molecule has 1 amide bonds. The van der Waals surface area contributed by atoms with Crippen LogP contribution in [0.1, 0.15) is 38.1 Å². The first kappa shape index (κ1) is 15.6. The van der Waals surface area contributed by atoms with Crippen molar-refractivity contribution in [1.82, 2.24) is 15.6 Å². The van der Waals surface area contributed by atoms with Crippen LogP contribution in [0, 0.1) is 13.8 Å². The molecule has 0 aliphatic carbocycles. The third-order valence-electron chi connectivity index (χ3n) is 4.03. The number of aryl methyl sites for hydroxylation is 2. The molecule has 0 aromatic carbocycles. The Hall–Kier alpha value is -1.24. The van der Waals surface area contributed by atoms with Crippen LogP contribution in [0.5, 0.6) is 0 Å². The van der Waals surface area contributed by atoms with E-state index in [0.29, 0.717) is 16.7 Å². The number of carbonyl (C=O) groups is 1. The Morgan fingerprint density at radius 1 is 1.55 bits per heavy atom. The molecule has 3 rings (SSSR count). The number of halogens is 1. The molecule has 22 heavy (non-hydrogen) atoms. The summed E-state index contributed by atoms with van der Waals surface area (Å²) in [5.74, 6) is -0.0911. The largest absolute Gasteiger partial charge is 0.350 e. The van der Waals surface area contributed by atoms with Crippen LogP contribution in [-0.4, -0.2) is 24.0 Å². The van der Waals surface area contributed by atoms with E-state index >= 15 is 0 Å². The monoisotopic (exact) mass is 379 g/mol. The average molecular weight is 380 g/mol. The molecule has 0 radical (unpaired) electrons. The predicted molar refractivity (Wildman–Crippen MR) is 92.5 cm³/mol. The molecule has 0 saturated carbocycles. The Bertz CT molecular complexity index is 713. The summed E-state index contributed by atoms with van der Waals surface area (Å²) in [7, 11) is 0. The van der Waals surface area contributed by atoms with Gasteiger partial charge in [-0.15, -0.1) is 11.3 Å². The Balaban J connectivity index is 1.70. The first-order valence-electron chi connectivity index (χ1n) is 7.28. The van der Waals surface area contributed by atoms with E-state index in [4.69, 9.17) is 0 Å². The highest BCUT2D eigenvalue weighted by atomic mass is 79.9. The molecule has 116 valence electrons. The van der Waals surface area contributed by atoms with Crippen molar-refractivity contribution in [3.63, 3.8) is 0 Å². The van der Waals surface area contributed by atoms with Gasteiger partial charge in [0.15, 0.2) is 0 Å². The van der Waals surface area contributed by atoms with Gasteiger partial charge in [0.2, 0.25) is 0 Å². The third-order valence-corrected chi connectivity index (χ3v) is 5.63. The zero-order valence-electron chi connectivity index (χ0n) is 12.6. The van der Waals surface area contributed by atoms with E-state index in [1.54, 1.807) is 11.3 Å². The van der Waals surface area contributed by atoms with Gasteiger partial charge >= 0.3 is 0 Å². The van der Waals surface area contributed by atoms with Crippen LogP contribution >= 0.6 is 27.3 Å². The molecule has 0 fully saturated rings. The predicted octanol–water partition coefficient (Wildman–Crippen LogP) is 3.14. The third kappa shape index (κ3) is 3.09. The first-order chi connectivity index (χ1) is 10.6. The number of carbonyl (C=O) groups excluding carboxylic acids is 1. The molecule has 0 saturated heterocycles. The van der Waals surface area contributed by atoms with E-state index in [1.165, 1.54) is 10.4 Å². The van der Waals surface area contributed by atoms with Gasteiger partial charge in [0.05, 0.1) is 11.6 Å². The maximum absolute atomic E-state index is 12.4. The number of thiophene rings is 1. The smallest absolute Gasteiger partial charge is 0.254 e. The van der Waals surface area contributed by atoms with E-state index in [0.717, 1.165) is 24.2 Å². The minimum atomic E-state index is -0.0911. The van der Waals surface area contributed by atoms with Gasteiger partial charge < -0.3 is 10.6 Å². The van der Waals surface area contributed by atoms with Crippen molar-refractivity contribution < 1.29 is 4.79 Å². The highest BCUT2D eigenvalue weighted by Gasteiger charge is 2.22. The minimum absolute atomic E-state index is 0.0911. The summed E-state index contributed by atoms with van der Waals surface area (Å²) in [5.41, 5.74) is 3.85. The summed E-state index contributed by atoms with van der Waals surface area (Å²) in [6, 6.07) is 4.22. The van der Waals surface area contributed by atoms with Crippen LogP contribution < -0.4 is 10.6 Å². The van der Waals surface area contributed by atoms with E-state index < -0.39 is 0 Å². The van der Waals surface area contributed by atoms with Gasteiger partial charge in [0.25, 0.3) is 5.91 Å². The van der Waals surface area contributed by atoms with Gasteiger partial charge in [-0.3, -0.25) is 4.79 Å². The molecular formula is C16H18BrN3OS. The van der Waals surface area contributed by atoms with Crippen LogP contribution in [0.25, 0.3) is 0 Å². The molecule has 3 heterocycles. The van der Waals surface area contributed by atoms with E-state index in [9.17, 15) is 4.79 Å². The van der Waals surface area contributed by atoms with Crippen molar-refractivity contribution in [2.45, 2.75) is 26.3 Å². The highest BCUT2D eigenvalue weighted by Crippen LogP contribution is 2.27. The summed E-state index contributed by atoms with van der Waals surface area (Å²) < 4.78 is 0.598. The summed E-state index contributed by atoms with van der Waals surface area (Å²) in [6.07, 6.45) is 1.07. The Kier molecular flexibility index (Phi) is 4.61. The van der Waals surface area contributed by atoms with E-state index in [2.05, 4.69) is 43.0 Å². The number of hydrogen-bond acceptors (Lipinski definition) is 4. The molecule has 0 bridgehead atoms. The van der Waals surface area contributed by atoms with Crippen molar-refractivity contribution in [2.24, 2.45) is 0 Å². The molecule has 1 atom stereocenters. The van der Waals surface area contributed by atoms with Gasteiger partial charge in [0.1, 0.15) is 4.60 Å². The zero-order chi connectivity index (χ0) is 15.7. The highest BCUT2D eigenvalue weighted by molar-refractivity contribution is 9.10. The van der Waals surface area contributed by atoms with Crippen LogP contribution in [0.3, 0.4) is 0 Å². The summed E-state index contributed by atoms with van der Waals surface area (Å²) in [6.45, 7) is 5.45. The number of hydrogen-bond donors (Lipinski definition) is 2. The fourth-order valence-electron chi connectivity index (χ4n) is 2.64. The van der Waals surface area contributed by atoms with Crippen molar-refractivity contribution in [1.29, 1.82) is 0 Å². The summed E-state index contributed by atoms with van der Waals surface area (Å²) >= 11 is 5.18. The molecule has 2 N–H and O–H groups in total. The first-order valence-corrected chi connectivity index (χ1v) is 8.95. The second-order valence-corrected chi connectivity index (χ2v) is 7.25. The topological polar surface area (TPSA) is 54.0 Å². The lowest BCUT2D eigenvalue weighted by Gasteiger charge is -2.24. The van der Waals surface area contributed by atoms with Crippen molar-refractivity contribution in [3.05, 3.63) is 49.4 Å². The Labute approximate surface area is 142 Å². The van der Waals surface area contributed by atoms with Gasteiger partial charge in [-0.25, -0.2) is 4.98 Å². The molecule has 1 aliphatic rings. The van der Waals surface area contributed by atoms with Crippen molar-refractivity contribution >= 4 is 33.2 Å². The molecule has 6 heteroatoms. The van der Waals surface area contributed by atoms with Crippen LogP contribution in [0.4, 0.5) is 0 Å². The molecule has 4 nitrogen and oxygen atoms in total. The second kappa shape index (κ2) is 6.48. The quantitative estimate of drug-likeness (QED) is 0.805. The fourth-order valence-corrected chi connectivity index (χ4v) is 4.15. The second-order valence-electron chi connectivity index (χ2n) is 5.49. The number of fused-ring (bicyclic) bond motifs is 1. The van der Waals surface area contributed by atoms with Crippen LogP contribution in [-0.2, 0) is 6.42 Å². The number of pyridine rings is 1. The van der Waals surface area contributed by atoms with Gasteiger partial charge in [-0.2, -0.15) is 0 Å². The van der Waals surface area contributed by atoms with E-state index in [-0.39, 0.29) is 11.9 Å². The summed E-state index contributed by atoms with van der Waals surface area (Å²) in [5, 5.41) is 8.61. The normalized spacial score (nSPS) is 17.1. The maximum atomic E-state index is 12.4. The lowest BCUT2D eigenvalue weighted by atomic mass is 10.0. The molecule has 1 unspecified atom stereocenters. The number of aromatic nitrogens is 1. The van der Waals surface area contributed by atoms with Gasteiger partial charge in [-0.05, 0) is 64.8 Å². The van der Waals surface area contributed by atoms with Crippen LogP contribution in [0.2, 0.25) is 0 Å². The SMILES string of the molecule is Cc1cc(C(=O)NCC2NCCc3sccc32)c(Br)nc1C. The number of amides is 1. The Morgan fingerprint density at radius 3 is 3.18 bits per heavy atom. The fraction of sp³-hybridized carbons (Fsp3) is 0.375. The van der Waals surface area contributed by atoms with Gasteiger partial charge in [0, 0.05) is 23.7 Å². The Morgan fingerprint density at radius 2 is 2.36 bits per heavy atom. The molecule has 0 spiro atoms. The lowest BCUT2D eigenvalue weighted by molar-refractivity contribution is 0.0948. The number of nitrogens with zero attached hydrogens (tertiary/aromatic N) is 1.